The van der Waals surface area contributed by atoms with Crippen molar-refractivity contribution in [2.45, 2.75) is 57.8 Å². The van der Waals surface area contributed by atoms with Crippen LogP contribution in [0.3, 0.4) is 0 Å². The number of aromatic nitrogens is 1. The number of hydrogen-bond donors (Lipinski definition) is 0. The van der Waals surface area contributed by atoms with Crippen molar-refractivity contribution in [2.75, 3.05) is 6.54 Å². The summed E-state index contributed by atoms with van der Waals surface area (Å²) in [4.78, 5) is 19.7. The van der Waals surface area contributed by atoms with Crippen LogP contribution in [-0.4, -0.2) is 27.3 Å². The number of amides is 1. The smallest absolute Gasteiger partial charge is 0.228 e. The molecule has 3 nitrogen and oxygen atoms in total. The van der Waals surface area contributed by atoms with Crippen LogP contribution in [0.5, 0.6) is 0 Å². The van der Waals surface area contributed by atoms with Crippen molar-refractivity contribution < 1.29 is 4.79 Å². The molecule has 3 rings (SSSR count). The molecule has 0 N–H and O–H groups in total. The quantitative estimate of drug-likeness (QED) is 0.473. The third-order valence-corrected chi connectivity index (χ3v) is 6.24. The highest BCUT2D eigenvalue weighted by atomic mass is 32.1. The molecule has 24 heavy (non-hydrogen) atoms. The summed E-state index contributed by atoms with van der Waals surface area (Å²) in [5, 5.41) is 0.986. The Labute approximate surface area is 153 Å². The van der Waals surface area contributed by atoms with Gasteiger partial charge in [-0.25, -0.2) is 4.98 Å². The van der Waals surface area contributed by atoms with Gasteiger partial charge in [0.15, 0.2) is 0 Å². The molecule has 1 aliphatic rings. The van der Waals surface area contributed by atoms with Gasteiger partial charge in [0.05, 0.1) is 21.1 Å². The number of thiocarbonyl (C=S) groups is 1. The molecule has 1 fully saturated rings. The Kier molecular flexibility index (Phi) is 5.95. The van der Waals surface area contributed by atoms with Crippen LogP contribution < -0.4 is 0 Å². The van der Waals surface area contributed by atoms with Crippen LogP contribution in [0.4, 0.5) is 0 Å². The first-order valence-electron chi connectivity index (χ1n) is 8.90. The first-order valence-corrected chi connectivity index (χ1v) is 10.1. The Hall–Kier alpha value is -1.33. The number of likely N-dealkylation sites (tertiary alicyclic amines) is 1. The molecule has 1 atom stereocenters. The average molecular weight is 361 g/mol. The van der Waals surface area contributed by atoms with Gasteiger partial charge in [-0.2, -0.15) is 0 Å². The third kappa shape index (κ3) is 3.83. The Balaban J connectivity index is 1.59. The van der Waals surface area contributed by atoms with Gasteiger partial charge in [-0.15, -0.1) is 11.3 Å². The second-order valence-electron chi connectivity index (χ2n) is 6.43. The predicted molar refractivity (Wildman–Crippen MR) is 105 cm³/mol. The molecule has 5 heteroatoms. The Morgan fingerprint density at radius 3 is 2.75 bits per heavy atom. The molecule has 2 aromatic rings. The molecular formula is C19H24N2OS2. The van der Waals surface area contributed by atoms with E-state index in [1.165, 1.54) is 32.1 Å². The lowest BCUT2D eigenvalue weighted by molar-refractivity contribution is -0.125. The zero-order chi connectivity index (χ0) is 16.9. The minimum atomic E-state index is -0.00927. The van der Waals surface area contributed by atoms with Gasteiger partial charge in [0.1, 0.15) is 5.01 Å². The van der Waals surface area contributed by atoms with Gasteiger partial charge in [-0.05, 0) is 18.6 Å². The summed E-state index contributed by atoms with van der Waals surface area (Å²) in [5.41, 5.74) is 1.00. The van der Waals surface area contributed by atoms with Crippen molar-refractivity contribution in [2.24, 2.45) is 0 Å². The molecular weight excluding hydrogens is 336 g/mol. The average Bonchev–Trinajstić information content (AvgIpc) is 3.13. The first-order chi connectivity index (χ1) is 11.7. The zero-order valence-electron chi connectivity index (χ0n) is 14.2. The highest BCUT2D eigenvalue weighted by Gasteiger charge is 2.37. The highest BCUT2D eigenvalue weighted by molar-refractivity contribution is 7.80. The van der Waals surface area contributed by atoms with Gasteiger partial charge >= 0.3 is 0 Å². The van der Waals surface area contributed by atoms with E-state index in [9.17, 15) is 4.79 Å². The Bertz CT molecular complexity index is 692. The molecule has 0 spiro atoms. The normalized spacial score (nSPS) is 18.0. The van der Waals surface area contributed by atoms with E-state index in [1.54, 1.807) is 11.3 Å². The van der Waals surface area contributed by atoms with Crippen LogP contribution in [0, 0.1) is 0 Å². The number of carbonyl (C=O) groups excluding carboxylic acids is 1. The van der Waals surface area contributed by atoms with Crippen molar-refractivity contribution in [1.29, 1.82) is 0 Å². The summed E-state index contributed by atoms with van der Waals surface area (Å²) in [6.07, 6.45) is 7.82. The van der Waals surface area contributed by atoms with Gasteiger partial charge in [-0.3, -0.25) is 4.79 Å². The van der Waals surface area contributed by atoms with Gasteiger partial charge in [0, 0.05) is 13.0 Å². The number of carbonyl (C=O) groups is 1. The van der Waals surface area contributed by atoms with E-state index in [-0.39, 0.29) is 11.8 Å². The maximum atomic E-state index is 12.4. The van der Waals surface area contributed by atoms with Crippen LogP contribution in [0.1, 0.15) is 62.8 Å². The van der Waals surface area contributed by atoms with Gasteiger partial charge in [0.25, 0.3) is 0 Å². The largest absolute Gasteiger partial charge is 0.306 e. The number of thiazole rings is 1. The molecule has 1 saturated heterocycles. The minimum absolute atomic E-state index is 0.00927. The summed E-state index contributed by atoms with van der Waals surface area (Å²) in [7, 11) is 0. The lowest BCUT2D eigenvalue weighted by Gasteiger charge is -2.17. The molecule has 0 saturated carbocycles. The van der Waals surface area contributed by atoms with Crippen molar-refractivity contribution in [3.8, 4) is 0 Å². The fourth-order valence-electron chi connectivity index (χ4n) is 3.20. The Morgan fingerprint density at radius 2 is 1.96 bits per heavy atom. The van der Waals surface area contributed by atoms with Crippen LogP contribution in [0.2, 0.25) is 0 Å². The van der Waals surface area contributed by atoms with Crippen LogP contribution in [-0.2, 0) is 4.79 Å². The van der Waals surface area contributed by atoms with Crippen molar-refractivity contribution >= 4 is 44.7 Å². The molecule has 1 amide bonds. The van der Waals surface area contributed by atoms with Gasteiger partial charge in [-0.1, -0.05) is 63.4 Å². The molecule has 1 aromatic heterocycles. The third-order valence-electron chi connectivity index (χ3n) is 4.59. The fraction of sp³-hybridized carbons (Fsp3) is 0.526. The number of rotatable bonds is 8. The topological polar surface area (TPSA) is 33.2 Å². The maximum absolute atomic E-state index is 12.4. The van der Waals surface area contributed by atoms with Crippen molar-refractivity contribution in [3.05, 3.63) is 29.3 Å². The molecule has 1 unspecified atom stereocenters. The van der Waals surface area contributed by atoms with E-state index >= 15 is 0 Å². The van der Waals surface area contributed by atoms with E-state index in [1.807, 2.05) is 23.1 Å². The number of hydrogen-bond acceptors (Lipinski definition) is 4. The highest BCUT2D eigenvalue weighted by Crippen LogP contribution is 2.35. The van der Waals surface area contributed by atoms with E-state index < -0.39 is 0 Å². The molecule has 0 bridgehead atoms. The fourth-order valence-corrected chi connectivity index (χ4v) is 4.73. The lowest BCUT2D eigenvalue weighted by atomic mass is 10.1. The minimum Gasteiger partial charge on any atom is -0.306 e. The summed E-state index contributed by atoms with van der Waals surface area (Å²) in [6, 6.07) is 8.11. The number of benzene rings is 1. The maximum Gasteiger partial charge on any atom is 0.228 e. The summed E-state index contributed by atoms with van der Waals surface area (Å²) >= 11 is 7.28. The SMILES string of the molecule is CCCCCCCCN1C(=O)CC(c2nc3ccccc3s2)C1=S. The molecule has 2 heterocycles. The van der Waals surface area contributed by atoms with Gasteiger partial charge < -0.3 is 4.90 Å². The number of unbranched alkanes of at least 4 members (excludes halogenated alkanes) is 5. The van der Waals surface area contributed by atoms with E-state index in [4.69, 9.17) is 17.2 Å². The van der Waals surface area contributed by atoms with Gasteiger partial charge in [0.2, 0.25) is 5.91 Å². The Morgan fingerprint density at radius 1 is 1.21 bits per heavy atom. The lowest BCUT2D eigenvalue weighted by Crippen LogP contribution is -2.30. The second-order valence-corrected chi connectivity index (χ2v) is 7.91. The molecule has 1 aliphatic heterocycles. The van der Waals surface area contributed by atoms with Crippen LogP contribution in [0.25, 0.3) is 10.2 Å². The second kappa shape index (κ2) is 8.17. The molecule has 1 aromatic carbocycles. The van der Waals surface area contributed by atoms with Crippen LogP contribution in [0.15, 0.2) is 24.3 Å². The van der Waals surface area contributed by atoms with Crippen molar-refractivity contribution in [3.63, 3.8) is 0 Å². The van der Waals surface area contributed by atoms with Crippen molar-refractivity contribution in [1.82, 2.24) is 9.88 Å². The standard InChI is InChI=1S/C19H24N2OS2/c1-2-3-4-5-6-9-12-21-17(22)13-14(19(21)23)18-20-15-10-7-8-11-16(15)24-18/h7-8,10-11,14H,2-6,9,12-13H2,1H3. The van der Waals surface area contributed by atoms with E-state index in [0.717, 1.165) is 33.2 Å². The summed E-state index contributed by atoms with van der Waals surface area (Å²) in [5.74, 6) is 0.155. The van der Waals surface area contributed by atoms with E-state index in [0.29, 0.717) is 6.42 Å². The number of para-hydroxylation sites is 1. The zero-order valence-corrected chi connectivity index (χ0v) is 15.8. The number of nitrogens with zero attached hydrogens (tertiary/aromatic N) is 2. The predicted octanol–water partition coefficient (Wildman–Crippen LogP) is 5.30. The summed E-state index contributed by atoms with van der Waals surface area (Å²) in [6.45, 7) is 2.99. The molecule has 128 valence electrons. The van der Waals surface area contributed by atoms with E-state index in [2.05, 4.69) is 13.0 Å². The number of fused-ring (bicyclic) bond motifs is 1. The van der Waals surface area contributed by atoms with Crippen LogP contribution >= 0.6 is 23.6 Å². The molecule has 0 aliphatic carbocycles. The monoisotopic (exact) mass is 360 g/mol. The summed E-state index contributed by atoms with van der Waals surface area (Å²) < 4.78 is 1.16. The molecule has 0 radical (unpaired) electrons. The first kappa shape index (κ1) is 17.5.